The minimum absolute atomic E-state index is 0.000998. The van der Waals surface area contributed by atoms with Crippen LogP contribution in [0.25, 0.3) is 0 Å². The van der Waals surface area contributed by atoms with E-state index in [1.165, 1.54) is 60.3 Å². The van der Waals surface area contributed by atoms with Gasteiger partial charge in [-0.15, -0.1) is 23.5 Å². The summed E-state index contributed by atoms with van der Waals surface area (Å²) in [5.74, 6) is -1.97. The number of Topliss-reactive ketones (excluding diaryl/α,β-unsaturated/α-hetero) is 1. The third-order valence-corrected chi connectivity index (χ3v) is 26.7. The summed E-state index contributed by atoms with van der Waals surface area (Å²) in [4.78, 5) is 122. The Labute approximate surface area is 610 Å². The lowest BCUT2D eigenvalue weighted by Crippen LogP contribution is -2.70. The molecule has 6 aliphatic rings. The van der Waals surface area contributed by atoms with Crippen LogP contribution in [0.4, 0.5) is 4.79 Å². The number of nitrogens with two attached hydrogens (primary N) is 1. The summed E-state index contributed by atoms with van der Waals surface area (Å²) in [5, 5.41) is 31.8. The Morgan fingerprint density at radius 3 is 2.15 bits per heavy atom. The van der Waals surface area contributed by atoms with E-state index < -0.39 is 67.5 Å². The number of carbonyl (C=O) groups excluding carboxylic acids is 8. The van der Waals surface area contributed by atoms with E-state index in [1.54, 1.807) is 37.8 Å². The number of nitrogens with zero attached hydrogens (tertiary/aromatic N) is 5. The molecule has 11 atom stereocenters. The lowest BCUT2D eigenvalue weighted by molar-refractivity contribution is -0.138. The molecule has 9 N–H and O–H groups in total. The van der Waals surface area contributed by atoms with Gasteiger partial charge in [-0.3, -0.25) is 38.5 Å². The SMILES string of the molecule is CCN1CC[C@H](SC2CC(=O)N(CCCC(=O)NCCCC(=O)NCCCNC3=C4C[C@@H](C)C[C@H](OC)[C@H](O)[C@@H](C)/C=C(\C)[C@H](OC(N)=O)[C@@H](OC)/C=C\C=C(/C)C(=O)NC(=CC3=O)C4=O)C2=O)N=C1NC(C)S[C@H]1CCN2CC[C@H](O[Si](c3ccccc3)(c3ccccc3)C(C)(C)C)NC2=N1. The molecule has 5 heterocycles. The number of primary amides is 1. The fourth-order valence-electron chi connectivity index (χ4n) is 13.8. The summed E-state index contributed by atoms with van der Waals surface area (Å²) < 4.78 is 24.3. The number of methoxy groups -OCH3 is 2. The number of ether oxygens (including phenoxy) is 3. The van der Waals surface area contributed by atoms with Crippen molar-refractivity contribution in [2.24, 2.45) is 27.6 Å². The van der Waals surface area contributed by atoms with Crippen molar-refractivity contribution in [3.63, 3.8) is 0 Å². The number of carbonyl (C=O) groups is 8. The van der Waals surface area contributed by atoms with E-state index in [1.807, 2.05) is 6.92 Å². The zero-order chi connectivity index (χ0) is 73.8. The Kier molecular flexibility index (Phi) is 29.6. The molecule has 102 heavy (non-hydrogen) atoms. The molecule has 2 fully saturated rings. The smallest absolute Gasteiger partial charge is 0.405 e. The van der Waals surface area contributed by atoms with Crippen molar-refractivity contribution < 1.29 is 62.1 Å². The maximum Gasteiger partial charge on any atom is 0.405 e. The van der Waals surface area contributed by atoms with E-state index in [2.05, 4.69) is 137 Å². The molecule has 1 aliphatic carbocycles. The van der Waals surface area contributed by atoms with Gasteiger partial charge in [-0.2, -0.15) is 0 Å². The normalized spacial score (nSPS) is 26.6. The van der Waals surface area contributed by atoms with Crippen LogP contribution in [0.2, 0.25) is 5.04 Å². The second-order valence-electron chi connectivity index (χ2n) is 27.9. The molecule has 2 unspecified atom stereocenters. The number of amides is 6. The molecule has 5 aliphatic heterocycles. The number of benzene rings is 2. The number of allylic oxidation sites excluding steroid dienone is 4. The van der Waals surface area contributed by atoms with Crippen LogP contribution in [-0.2, 0) is 52.2 Å². The van der Waals surface area contributed by atoms with Crippen molar-refractivity contribution in [1.82, 2.24) is 46.6 Å². The number of aliphatic imine (C=N–C) groups is 2. The summed E-state index contributed by atoms with van der Waals surface area (Å²) >= 11 is 3.18. The Bertz CT molecular complexity index is 3490. The van der Waals surface area contributed by atoms with Gasteiger partial charge in [0.2, 0.25) is 35.2 Å². The van der Waals surface area contributed by atoms with Crippen LogP contribution in [-0.4, -0.2) is 206 Å². The van der Waals surface area contributed by atoms with E-state index in [0.29, 0.717) is 18.4 Å². The molecule has 2 aromatic carbocycles. The van der Waals surface area contributed by atoms with Gasteiger partial charge in [-0.25, -0.2) is 14.8 Å². The molecule has 25 nitrogen and oxygen atoms in total. The van der Waals surface area contributed by atoms with E-state index in [-0.39, 0.29) is 144 Å². The van der Waals surface area contributed by atoms with Crippen LogP contribution < -0.4 is 48.0 Å². The van der Waals surface area contributed by atoms with Gasteiger partial charge >= 0.3 is 6.09 Å². The van der Waals surface area contributed by atoms with E-state index >= 15 is 0 Å². The number of aliphatic hydroxyl groups is 1. The molecule has 0 saturated carbocycles. The number of ketones is 2. The average molecular weight is 1460 g/mol. The van der Waals surface area contributed by atoms with Crippen molar-refractivity contribution in [2.75, 3.05) is 66.6 Å². The number of likely N-dealkylation sites (tertiary alicyclic amines) is 1. The van der Waals surface area contributed by atoms with Crippen molar-refractivity contribution in [3.05, 3.63) is 119 Å². The molecular formula is C74H106N12O13S2Si. The first-order chi connectivity index (χ1) is 48.7. The van der Waals surface area contributed by atoms with Gasteiger partial charge in [0.25, 0.3) is 14.2 Å². The number of thioether (sulfide) groups is 2. The number of nitrogens with one attached hydrogen (secondary N) is 6. The highest BCUT2D eigenvalue weighted by molar-refractivity contribution is 8.01. The van der Waals surface area contributed by atoms with Gasteiger partial charge in [0, 0.05) is 115 Å². The molecule has 2 saturated heterocycles. The number of hydrogen-bond donors (Lipinski definition) is 8. The first-order valence-corrected chi connectivity index (χ1v) is 39.5. The Morgan fingerprint density at radius 2 is 1.50 bits per heavy atom. The molecule has 2 bridgehead atoms. The Morgan fingerprint density at radius 1 is 0.843 bits per heavy atom. The van der Waals surface area contributed by atoms with E-state index in [0.717, 1.165) is 63.4 Å². The maximum atomic E-state index is 14.2. The molecule has 28 heteroatoms. The van der Waals surface area contributed by atoms with Gasteiger partial charge in [-0.1, -0.05) is 120 Å². The number of imide groups is 1. The zero-order valence-corrected chi connectivity index (χ0v) is 63.6. The zero-order valence-electron chi connectivity index (χ0n) is 60.9. The topological polar surface area (TPSA) is 326 Å². The van der Waals surface area contributed by atoms with E-state index in [4.69, 9.17) is 34.4 Å². The molecule has 0 radical (unpaired) electrons. The highest BCUT2D eigenvalue weighted by Gasteiger charge is 2.52. The second-order valence-corrected chi connectivity index (χ2v) is 35.1. The summed E-state index contributed by atoms with van der Waals surface area (Å²) in [6.07, 6.45) is 6.68. The monoisotopic (exact) mass is 1460 g/mol. The molecule has 0 aromatic heterocycles. The van der Waals surface area contributed by atoms with Crippen molar-refractivity contribution in [3.8, 4) is 0 Å². The summed E-state index contributed by atoms with van der Waals surface area (Å²) in [6, 6.07) is 21.4. The minimum atomic E-state index is -2.80. The molecule has 6 amide bonds. The van der Waals surface area contributed by atoms with Crippen LogP contribution in [0.3, 0.4) is 0 Å². The highest BCUT2D eigenvalue weighted by atomic mass is 32.2. The lowest BCUT2D eigenvalue weighted by atomic mass is 9.85. The van der Waals surface area contributed by atoms with Crippen LogP contribution in [0.15, 0.2) is 129 Å². The number of hydrogen-bond acceptors (Lipinski definition) is 22. The average Bonchev–Trinajstić information content (AvgIpc) is 0.877. The number of rotatable bonds is 26. The molecule has 2 aromatic rings. The molecule has 556 valence electrons. The minimum Gasteiger partial charge on any atom is -0.439 e. The summed E-state index contributed by atoms with van der Waals surface area (Å²) in [5.41, 5.74) is 6.17. The predicted octanol–water partition coefficient (Wildman–Crippen LogP) is 5.76. The molecular weight excluding hydrogens is 1360 g/mol. The van der Waals surface area contributed by atoms with Crippen molar-refractivity contribution in [1.29, 1.82) is 0 Å². The van der Waals surface area contributed by atoms with Crippen molar-refractivity contribution in [2.45, 2.75) is 190 Å². The lowest BCUT2D eigenvalue weighted by Gasteiger charge is -2.48. The Hall–Kier alpha value is -7.60. The van der Waals surface area contributed by atoms with Crippen LogP contribution >= 0.6 is 23.5 Å². The largest absolute Gasteiger partial charge is 0.439 e. The predicted molar refractivity (Wildman–Crippen MR) is 400 cm³/mol. The van der Waals surface area contributed by atoms with Crippen LogP contribution in [0.1, 0.15) is 133 Å². The second kappa shape index (κ2) is 37.7. The van der Waals surface area contributed by atoms with Gasteiger partial charge in [0.05, 0.1) is 34.2 Å². The highest BCUT2D eigenvalue weighted by Crippen LogP contribution is 2.39. The number of fused-ring (bicyclic) bond motifs is 3. The first-order valence-electron chi connectivity index (χ1n) is 35.7. The third kappa shape index (κ3) is 21.3. The van der Waals surface area contributed by atoms with Crippen LogP contribution in [0.5, 0.6) is 0 Å². The summed E-state index contributed by atoms with van der Waals surface area (Å²) in [6.45, 7) is 22.0. The van der Waals surface area contributed by atoms with Crippen LogP contribution in [0, 0.1) is 11.8 Å². The Balaban J connectivity index is 0.753. The molecule has 8 rings (SSSR count). The van der Waals surface area contributed by atoms with Gasteiger partial charge in [-0.05, 0) is 99.5 Å². The quantitative estimate of drug-likeness (QED) is 0.0139. The fraction of sp³-hybridized carbons (Fsp3) is 0.568. The molecule has 0 spiro atoms. The number of guanidine groups is 2. The van der Waals surface area contributed by atoms with Gasteiger partial charge in [0.1, 0.15) is 23.1 Å². The standard InChI is InChI=1S/C74H106N12O13S2Si/c1-12-84-39-32-63(83-72(84)79-50(6)100-62-33-40-85-38-31-61(81-73(85)82-62)99-102(74(7,8)9,51-24-15-13-16-25-51)52-26-17-14-18-27-52)101-58-45-64(90)86(70(58)94)37-21-30-60(89)76-34-20-29-59(88)77-35-22-36-78-65-53-41-46(2)42-57(97-11)66(91)48(4)43-49(5)68(98-71(75)95)56(96-10)28-19-23-47(3)69(93)80-54(67(53)92)44-55(65)87/h13-19,23-28,43-44,46,48,50,56-58,61-63,66,68,78,91H,12,20-22,29-42,45H2,1-11H3,(H2,75,95)(H,76,89)(H,77,88)(H,79,83)(H,80,93)(H,81,82)/b28-19-,47-23+,49-43+/t46-,48+,50?,56+,57+,58?,61+,62+,63+,66-,68+/m1/s1. The third-order valence-electron chi connectivity index (χ3n) is 19.2. The van der Waals surface area contributed by atoms with Gasteiger partial charge in [0.15, 0.2) is 18.0 Å². The summed E-state index contributed by atoms with van der Waals surface area (Å²) in [7, 11) is 0.0819. The van der Waals surface area contributed by atoms with Crippen molar-refractivity contribution >= 4 is 101 Å². The first kappa shape index (κ1) is 80.1. The van der Waals surface area contributed by atoms with Gasteiger partial charge < -0.3 is 71.2 Å². The fourth-order valence-corrected chi connectivity index (χ4v) is 20.7. The number of aliphatic hydroxyl groups excluding tert-OH is 1. The van der Waals surface area contributed by atoms with E-state index in [9.17, 15) is 43.5 Å². The maximum absolute atomic E-state index is 14.2.